The molecule has 23 heavy (non-hydrogen) atoms. The van der Waals surface area contributed by atoms with E-state index >= 15 is 0 Å². The minimum atomic E-state index is 0.00205. The average molecular weight is 322 g/mol. The quantitative estimate of drug-likeness (QED) is 0.740. The molecule has 1 heterocycles. The highest BCUT2D eigenvalue weighted by Crippen LogP contribution is 2.32. The van der Waals surface area contributed by atoms with Crippen molar-refractivity contribution >= 4 is 22.4 Å². The minimum Gasteiger partial charge on any atom is -0.302 e. The van der Waals surface area contributed by atoms with Crippen LogP contribution in [-0.4, -0.2) is 10.9 Å². The van der Waals surface area contributed by atoms with Crippen molar-refractivity contribution in [2.45, 2.75) is 19.8 Å². The number of nitrogens with zero attached hydrogens (tertiary/aromatic N) is 1. The van der Waals surface area contributed by atoms with E-state index in [1.54, 1.807) is 0 Å². The number of hydrogen-bond acceptors (Lipinski definition) is 3. The van der Waals surface area contributed by atoms with Crippen molar-refractivity contribution in [3.8, 4) is 10.4 Å². The van der Waals surface area contributed by atoms with E-state index in [9.17, 15) is 4.79 Å². The van der Waals surface area contributed by atoms with Crippen molar-refractivity contribution < 1.29 is 4.79 Å². The van der Waals surface area contributed by atoms with Crippen molar-refractivity contribution in [3.05, 3.63) is 71.9 Å². The maximum atomic E-state index is 12.1. The topological polar surface area (TPSA) is 42.0 Å². The Morgan fingerprint density at radius 3 is 2.39 bits per heavy atom. The molecule has 0 aliphatic carbocycles. The van der Waals surface area contributed by atoms with Gasteiger partial charge in [-0.25, -0.2) is 4.98 Å². The number of hydrogen-bond donors (Lipinski definition) is 1. The molecule has 0 unspecified atom stereocenters. The van der Waals surface area contributed by atoms with Crippen LogP contribution < -0.4 is 5.32 Å². The first kappa shape index (κ1) is 15.4. The van der Waals surface area contributed by atoms with Crippen LogP contribution in [0.15, 0.2) is 60.7 Å². The van der Waals surface area contributed by atoms with Gasteiger partial charge < -0.3 is 5.32 Å². The van der Waals surface area contributed by atoms with Crippen molar-refractivity contribution in [2.75, 3.05) is 5.32 Å². The molecular weight excluding hydrogens is 304 g/mol. The van der Waals surface area contributed by atoms with Gasteiger partial charge in [0.2, 0.25) is 5.91 Å². The summed E-state index contributed by atoms with van der Waals surface area (Å²) in [7, 11) is 0. The molecule has 3 aromatic rings. The summed E-state index contributed by atoms with van der Waals surface area (Å²) in [4.78, 5) is 17.7. The molecule has 0 saturated heterocycles. The molecule has 0 bridgehead atoms. The number of aryl methyl sites for hydroxylation is 2. The lowest BCUT2D eigenvalue weighted by molar-refractivity contribution is -0.116. The van der Waals surface area contributed by atoms with Gasteiger partial charge >= 0.3 is 0 Å². The zero-order chi connectivity index (χ0) is 16.1. The normalized spacial score (nSPS) is 10.5. The first-order valence-corrected chi connectivity index (χ1v) is 8.40. The maximum Gasteiger partial charge on any atom is 0.226 e. The summed E-state index contributed by atoms with van der Waals surface area (Å²) in [5.74, 6) is 0.00205. The Kier molecular flexibility index (Phi) is 4.83. The number of anilines is 1. The molecule has 1 aromatic heterocycles. The molecule has 1 N–H and O–H groups in total. The highest BCUT2D eigenvalue weighted by Gasteiger charge is 2.11. The van der Waals surface area contributed by atoms with Crippen LogP contribution in [0.2, 0.25) is 0 Å². The van der Waals surface area contributed by atoms with Gasteiger partial charge in [-0.15, -0.1) is 0 Å². The maximum absolute atomic E-state index is 12.1. The summed E-state index contributed by atoms with van der Waals surface area (Å²) in [6.07, 6.45) is 1.20. The van der Waals surface area contributed by atoms with Gasteiger partial charge in [0, 0.05) is 6.42 Å². The van der Waals surface area contributed by atoms with E-state index in [4.69, 9.17) is 0 Å². The monoisotopic (exact) mass is 322 g/mol. The van der Waals surface area contributed by atoms with E-state index in [0.717, 1.165) is 22.6 Å². The predicted molar refractivity (Wildman–Crippen MR) is 95.7 cm³/mol. The SMILES string of the molecule is Cc1nc(NC(=O)CCc2ccccc2)sc1-c1ccccc1. The Hall–Kier alpha value is -2.46. The van der Waals surface area contributed by atoms with Crippen LogP contribution in [0.5, 0.6) is 0 Å². The first-order valence-electron chi connectivity index (χ1n) is 7.59. The number of aromatic nitrogens is 1. The Morgan fingerprint density at radius 2 is 1.70 bits per heavy atom. The van der Waals surface area contributed by atoms with Crippen LogP contribution in [0.3, 0.4) is 0 Å². The predicted octanol–water partition coefficient (Wildman–Crippen LogP) is 4.69. The molecule has 0 fully saturated rings. The fourth-order valence-electron chi connectivity index (χ4n) is 2.39. The van der Waals surface area contributed by atoms with Gasteiger partial charge in [-0.05, 0) is 24.5 Å². The number of rotatable bonds is 5. The van der Waals surface area contributed by atoms with E-state index in [2.05, 4.69) is 22.4 Å². The van der Waals surface area contributed by atoms with Crippen LogP contribution in [0.4, 0.5) is 5.13 Å². The van der Waals surface area contributed by atoms with Gasteiger partial charge in [0.1, 0.15) is 0 Å². The van der Waals surface area contributed by atoms with Crippen LogP contribution in [0.1, 0.15) is 17.7 Å². The van der Waals surface area contributed by atoms with E-state index in [1.807, 2.05) is 55.5 Å². The summed E-state index contributed by atoms with van der Waals surface area (Å²) in [5.41, 5.74) is 3.25. The third-order valence-corrected chi connectivity index (χ3v) is 4.68. The summed E-state index contributed by atoms with van der Waals surface area (Å²) >= 11 is 1.52. The number of nitrogens with one attached hydrogen (secondary N) is 1. The van der Waals surface area contributed by atoms with Gasteiger partial charge in [0.25, 0.3) is 0 Å². The zero-order valence-corrected chi connectivity index (χ0v) is 13.8. The van der Waals surface area contributed by atoms with Gasteiger partial charge in [-0.1, -0.05) is 72.0 Å². The van der Waals surface area contributed by atoms with Crippen LogP contribution in [0, 0.1) is 6.92 Å². The molecule has 0 saturated carbocycles. The van der Waals surface area contributed by atoms with Gasteiger partial charge in [0.05, 0.1) is 10.6 Å². The van der Waals surface area contributed by atoms with Crippen LogP contribution in [0.25, 0.3) is 10.4 Å². The van der Waals surface area contributed by atoms with Crippen molar-refractivity contribution in [2.24, 2.45) is 0 Å². The number of carbonyl (C=O) groups is 1. The van der Waals surface area contributed by atoms with E-state index in [-0.39, 0.29) is 5.91 Å². The summed E-state index contributed by atoms with van der Waals surface area (Å²) < 4.78 is 0. The highest BCUT2D eigenvalue weighted by atomic mass is 32.1. The lowest BCUT2D eigenvalue weighted by Crippen LogP contribution is -2.12. The van der Waals surface area contributed by atoms with Crippen molar-refractivity contribution in [1.29, 1.82) is 0 Å². The average Bonchev–Trinajstić information content (AvgIpc) is 2.95. The van der Waals surface area contributed by atoms with E-state index in [0.29, 0.717) is 11.6 Å². The zero-order valence-electron chi connectivity index (χ0n) is 13.0. The summed E-state index contributed by atoms with van der Waals surface area (Å²) in [6, 6.07) is 20.1. The van der Waals surface area contributed by atoms with Crippen LogP contribution >= 0.6 is 11.3 Å². The lowest BCUT2D eigenvalue weighted by Gasteiger charge is -2.02. The van der Waals surface area contributed by atoms with Crippen LogP contribution in [-0.2, 0) is 11.2 Å². The Balaban J connectivity index is 1.63. The number of carbonyl (C=O) groups excluding carboxylic acids is 1. The summed E-state index contributed by atoms with van der Waals surface area (Å²) in [5, 5.41) is 3.58. The number of amides is 1. The molecule has 0 radical (unpaired) electrons. The third-order valence-electron chi connectivity index (χ3n) is 3.56. The lowest BCUT2D eigenvalue weighted by atomic mass is 10.1. The Labute approximate surface area is 140 Å². The molecule has 0 spiro atoms. The van der Waals surface area contributed by atoms with Crippen molar-refractivity contribution in [1.82, 2.24) is 4.98 Å². The first-order chi connectivity index (χ1) is 11.2. The Bertz CT molecular complexity index is 782. The standard InChI is InChI=1S/C19H18N2OS/c1-14-18(16-10-6-3-7-11-16)23-19(20-14)21-17(22)13-12-15-8-4-2-5-9-15/h2-11H,12-13H2,1H3,(H,20,21,22). The second-order valence-corrected chi connectivity index (χ2v) is 6.33. The molecule has 3 nitrogen and oxygen atoms in total. The van der Waals surface area contributed by atoms with E-state index in [1.165, 1.54) is 16.9 Å². The van der Waals surface area contributed by atoms with E-state index < -0.39 is 0 Å². The fraction of sp³-hybridized carbons (Fsp3) is 0.158. The molecule has 2 aromatic carbocycles. The molecule has 116 valence electrons. The summed E-state index contributed by atoms with van der Waals surface area (Å²) in [6.45, 7) is 1.97. The molecule has 0 aliphatic heterocycles. The number of thiazole rings is 1. The molecule has 4 heteroatoms. The minimum absolute atomic E-state index is 0.00205. The fourth-order valence-corrected chi connectivity index (χ4v) is 3.38. The molecule has 1 amide bonds. The third kappa shape index (κ3) is 4.05. The molecule has 0 atom stereocenters. The second kappa shape index (κ2) is 7.20. The van der Waals surface area contributed by atoms with Gasteiger partial charge in [-0.3, -0.25) is 4.79 Å². The number of benzene rings is 2. The van der Waals surface area contributed by atoms with Gasteiger partial charge in [0.15, 0.2) is 5.13 Å². The van der Waals surface area contributed by atoms with Crippen molar-refractivity contribution in [3.63, 3.8) is 0 Å². The van der Waals surface area contributed by atoms with Gasteiger partial charge in [-0.2, -0.15) is 0 Å². The largest absolute Gasteiger partial charge is 0.302 e. The molecule has 3 rings (SSSR count). The Morgan fingerprint density at radius 1 is 1.04 bits per heavy atom. The molecule has 0 aliphatic rings. The highest BCUT2D eigenvalue weighted by molar-refractivity contribution is 7.19. The second-order valence-electron chi connectivity index (χ2n) is 5.33. The molecular formula is C19H18N2OS. The smallest absolute Gasteiger partial charge is 0.226 e.